The van der Waals surface area contributed by atoms with E-state index in [2.05, 4.69) is 15.7 Å². The first-order valence-corrected chi connectivity index (χ1v) is 9.06. The zero-order chi connectivity index (χ0) is 20.4. The molecule has 1 unspecified atom stereocenters. The zero-order valence-corrected chi connectivity index (χ0v) is 16.0. The van der Waals surface area contributed by atoms with Crippen LogP contribution in [-0.2, 0) is 9.59 Å². The normalized spacial score (nSPS) is 15.2. The highest BCUT2D eigenvalue weighted by Crippen LogP contribution is 2.31. The minimum absolute atomic E-state index is 0.0126. The molecule has 0 aliphatic carbocycles. The van der Waals surface area contributed by atoms with Gasteiger partial charge in [0.15, 0.2) is 0 Å². The van der Waals surface area contributed by atoms with Gasteiger partial charge in [0.05, 0.1) is 26.3 Å². The molecular weight excluding hydrogens is 372 g/mol. The molecule has 1 atom stereocenters. The van der Waals surface area contributed by atoms with Crippen LogP contribution in [0, 0.1) is 0 Å². The third kappa shape index (κ3) is 3.77. The van der Waals surface area contributed by atoms with E-state index in [1.54, 1.807) is 49.2 Å². The molecule has 29 heavy (non-hydrogen) atoms. The Hall–Kier alpha value is -3.81. The summed E-state index contributed by atoms with van der Waals surface area (Å²) in [6, 6.07) is 15.4. The van der Waals surface area contributed by atoms with E-state index >= 15 is 0 Å². The average molecular weight is 392 g/mol. The molecule has 0 spiro atoms. The number of nitrogens with one attached hydrogen (secondary N) is 2. The number of hydrogen-bond acceptors (Lipinski definition) is 5. The third-order valence-electron chi connectivity index (χ3n) is 4.72. The minimum Gasteiger partial charge on any atom is -0.497 e. The molecule has 1 aliphatic rings. The number of rotatable bonds is 5. The fourth-order valence-electron chi connectivity index (χ4n) is 3.19. The lowest BCUT2D eigenvalue weighted by Gasteiger charge is -2.23. The number of fused-ring (bicyclic) bond motifs is 1. The van der Waals surface area contributed by atoms with Gasteiger partial charge in [-0.2, -0.15) is 5.10 Å². The van der Waals surface area contributed by atoms with E-state index in [-0.39, 0.29) is 18.2 Å². The number of nitrogens with zero attached hydrogens (tertiary/aromatic N) is 2. The van der Waals surface area contributed by atoms with Gasteiger partial charge >= 0.3 is 0 Å². The smallest absolute Gasteiger partial charge is 0.249 e. The summed E-state index contributed by atoms with van der Waals surface area (Å²) >= 11 is 0. The van der Waals surface area contributed by atoms with Crippen LogP contribution < -0.4 is 20.1 Å². The van der Waals surface area contributed by atoms with E-state index in [1.165, 1.54) is 0 Å². The van der Waals surface area contributed by atoms with Crippen molar-refractivity contribution in [3.8, 4) is 22.8 Å². The van der Waals surface area contributed by atoms with Gasteiger partial charge in [0, 0.05) is 17.3 Å². The molecule has 4 rings (SSSR count). The Balaban J connectivity index is 1.59. The standard InChI is InChI=1S/C21H20N4O4/c1-28-15-7-3-13(4-8-15)17-11-19-23-20(26)12-18(25(19)24-17)21(27)22-14-5-9-16(29-2)10-6-14/h3-11,18H,12H2,1-2H3,(H,22,27)(H,23,26). The Kier molecular flexibility index (Phi) is 4.90. The average Bonchev–Trinajstić information content (AvgIpc) is 3.17. The van der Waals surface area contributed by atoms with E-state index in [4.69, 9.17) is 9.47 Å². The van der Waals surface area contributed by atoms with Crippen molar-refractivity contribution >= 4 is 23.3 Å². The van der Waals surface area contributed by atoms with Gasteiger partial charge in [-0.25, -0.2) is 4.68 Å². The number of methoxy groups -OCH3 is 2. The molecule has 3 aromatic rings. The SMILES string of the molecule is COc1ccc(NC(=O)C2CC(=O)Nc3cc(-c4ccc(OC)cc4)nn32)cc1. The number of aromatic nitrogens is 2. The first kappa shape index (κ1) is 18.5. The van der Waals surface area contributed by atoms with E-state index in [9.17, 15) is 9.59 Å². The van der Waals surface area contributed by atoms with Crippen LogP contribution >= 0.6 is 0 Å². The maximum atomic E-state index is 12.9. The Morgan fingerprint density at radius 1 is 1.07 bits per heavy atom. The van der Waals surface area contributed by atoms with Gasteiger partial charge in [-0.3, -0.25) is 9.59 Å². The first-order valence-electron chi connectivity index (χ1n) is 9.06. The number of ether oxygens (including phenoxy) is 2. The quantitative estimate of drug-likeness (QED) is 0.696. The maximum absolute atomic E-state index is 12.9. The van der Waals surface area contributed by atoms with E-state index in [1.807, 2.05) is 24.3 Å². The van der Waals surface area contributed by atoms with Crippen molar-refractivity contribution in [1.29, 1.82) is 0 Å². The van der Waals surface area contributed by atoms with Crippen LogP contribution in [0.4, 0.5) is 11.5 Å². The lowest BCUT2D eigenvalue weighted by molar-refractivity contribution is -0.125. The van der Waals surface area contributed by atoms with Gasteiger partial charge in [0.1, 0.15) is 23.4 Å². The molecule has 0 saturated carbocycles. The number of carbonyl (C=O) groups excluding carboxylic acids is 2. The number of benzene rings is 2. The molecule has 8 heteroatoms. The van der Waals surface area contributed by atoms with Crippen molar-refractivity contribution in [3.63, 3.8) is 0 Å². The molecule has 0 saturated heterocycles. The minimum atomic E-state index is -0.743. The van der Waals surface area contributed by atoms with Gasteiger partial charge in [-0.1, -0.05) is 0 Å². The second-order valence-corrected chi connectivity index (χ2v) is 6.57. The Labute approximate surface area is 167 Å². The van der Waals surface area contributed by atoms with Crippen molar-refractivity contribution in [2.45, 2.75) is 12.5 Å². The summed E-state index contributed by atoms with van der Waals surface area (Å²) in [7, 11) is 3.18. The third-order valence-corrected chi connectivity index (χ3v) is 4.72. The van der Waals surface area contributed by atoms with Gasteiger partial charge in [0.25, 0.3) is 0 Å². The monoisotopic (exact) mass is 392 g/mol. The molecule has 148 valence electrons. The summed E-state index contributed by atoms with van der Waals surface area (Å²) in [5.74, 6) is 1.38. The Morgan fingerprint density at radius 3 is 2.31 bits per heavy atom. The summed E-state index contributed by atoms with van der Waals surface area (Å²) in [6.45, 7) is 0. The van der Waals surface area contributed by atoms with Crippen LogP contribution in [0.3, 0.4) is 0 Å². The van der Waals surface area contributed by atoms with E-state index in [0.29, 0.717) is 22.9 Å². The van der Waals surface area contributed by atoms with Crippen molar-refractivity contribution in [3.05, 3.63) is 54.6 Å². The predicted octanol–water partition coefficient (Wildman–Crippen LogP) is 3.09. The largest absolute Gasteiger partial charge is 0.497 e. The number of carbonyl (C=O) groups is 2. The summed E-state index contributed by atoms with van der Waals surface area (Å²) in [5.41, 5.74) is 2.13. The number of amides is 2. The van der Waals surface area contributed by atoms with Crippen LogP contribution in [0.5, 0.6) is 11.5 Å². The molecule has 1 aliphatic heterocycles. The van der Waals surface area contributed by atoms with Gasteiger partial charge in [0.2, 0.25) is 11.8 Å². The summed E-state index contributed by atoms with van der Waals surface area (Å²) < 4.78 is 11.9. The Bertz CT molecular complexity index is 1040. The van der Waals surface area contributed by atoms with Crippen molar-refractivity contribution < 1.29 is 19.1 Å². The molecule has 0 bridgehead atoms. The predicted molar refractivity (Wildman–Crippen MR) is 108 cm³/mol. The van der Waals surface area contributed by atoms with E-state index in [0.717, 1.165) is 11.3 Å². The first-order chi connectivity index (χ1) is 14.1. The maximum Gasteiger partial charge on any atom is 0.249 e. The molecule has 1 aromatic heterocycles. The highest BCUT2D eigenvalue weighted by molar-refractivity contribution is 6.01. The molecule has 0 radical (unpaired) electrons. The molecule has 2 heterocycles. The molecular formula is C21H20N4O4. The summed E-state index contributed by atoms with van der Waals surface area (Å²) in [4.78, 5) is 25.0. The van der Waals surface area contributed by atoms with E-state index < -0.39 is 6.04 Å². The second-order valence-electron chi connectivity index (χ2n) is 6.57. The molecule has 0 fully saturated rings. The fourth-order valence-corrected chi connectivity index (χ4v) is 3.19. The summed E-state index contributed by atoms with van der Waals surface area (Å²) in [6.07, 6.45) is 0.0126. The van der Waals surface area contributed by atoms with Gasteiger partial charge in [-0.05, 0) is 48.5 Å². The number of anilines is 2. The lowest BCUT2D eigenvalue weighted by atomic mass is 10.1. The van der Waals surface area contributed by atoms with Crippen molar-refractivity contribution in [2.75, 3.05) is 24.9 Å². The highest BCUT2D eigenvalue weighted by atomic mass is 16.5. The highest BCUT2D eigenvalue weighted by Gasteiger charge is 2.32. The van der Waals surface area contributed by atoms with Crippen molar-refractivity contribution in [2.24, 2.45) is 0 Å². The summed E-state index contributed by atoms with van der Waals surface area (Å²) in [5, 5.41) is 10.2. The molecule has 2 N–H and O–H groups in total. The van der Waals surface area contributed by atoms with Gasteiger partial charge in [-0.15, -0.1) is 0 Å². The lowest BCUT2D eigenvalue weighted by Crippen LogP contribution is -2.35. The van der Waals surface area contributed by atoms with Crippen LogP contribution in [0.2, 0.25) is 0 Å². The molecule has 8 nitrogen and oxygen atoms in total. The Morgan fingerprint density at radius 2 is 1.69 bits per heavy atom. The van der Waals surface area contributed by atoms with Crippen LogP contribution in [0.25, 0.3) is 11.3 Å². The topological polar surface area (TPSA) is 94.5 Å². The fraction of sp³-hybridized carbons (Fsp3) is 0.190. The number of hydrogen-bond donors (Lipinski definition) is 2. The molecule has 2 aromatic carbocycles. The zero-order valence-electron chi connectivity index (χ0n) is 16.0. The van der Waals surface area contributed by atoms with Crippen LogP contribution in [0.15, 0.2) is 54.6 Å². The van der Waals surface area contributed by atoms with Crippen molar-refractivity contribution in [1.82, 2.24) is 9.78 Å². The molecule has 2 amide bonds. The second kappa shape index (κ2) is 7.67. The van der Waals surface area contributed by atoms with Crippen LogP contribution in [-0.4, -0.2) is 35.8 Å². The van der Waals surface area contributed by atoms with Crippen LogP contribution in [0.1, 0.15) is 12.5 Å². The van der Waals surface area contributed by atoms with Gasteiger partial charge < -0.3 is 20.1 Å².